The molecule has 0 spiro atoms. The Kier molecular flexibility index (Phi) is 8.63. The van der Waals surface area contributed by atoms with E-state index in [1.54, 1.807) is 0 Å². The predicted octanol–water partition coefficient (Wildman–Crippen LogP) is 7.83. The van der Waals surface area contributed by atoms with Crippen LogP contribution in [-0.2, 0) is 17.1 Å². The van der Waals surface area contributed by atoms with Crippen molar-refractivity contribution in [2.45, 2.75) is 50.1 Å². The summed E-state index contributed by atoms with van der Waals surface area (Å²) < 4.78 is 113. The zero-order chi connectivity index (χ0) is 27.6. The number of piperidine rings is 1. The average molecular weight is 559 g/mol. The number of ether oxygens (including phenoxy) is 1. The summed E-state index contributed by atoms with van der Waals surface area (Å²) in [6.07, 6.45) is -12.5. The second kappa shape index (κ2) is 11.0. The molecular formula is C24H23ClF8N2O2. The minimum atomic E-state index is -5.00. The SMILES string of the molecule is CC(F)(F)[C@H](CN1CCC[C@H](c2cc(C(F)(F)F)cc(C(F)(F)F)c2)C1)OC(=O)Nc1ccc(Cl)cc1. The van der Waals surface area contributed by atoms with Crippen LogP contribution < -0.4 is 5.32 Å². The lowest BCUT2D eigenvalue weighted by molar-refractivity contribution is -0.143. The van der Waals surface area contributed by atoms with Crippen LogP contribution in [0.3, 0.4) is 0 Å². The Morgan fingerprint density at radius 3 is 2.11 bits per heavy atom. The van der Waals surface area contributed by atoms with E-state index in [1.165, 1.54) is 29.2 Å². The Bertz CT molecular complexity index is 1050. The molecule has 1 N–H and O–H groups in total. The molecule has 2 aromatic rings. The van der Waals surface area contributed by atoms with Crippen LogP contribution in [0.1, 0.15) is 42.4 Å². The quantitative estimate of drug-likeness (QED) is 0.367. The average Bonchev–Trinajstić information content (AvgIpc) is 2.78. The molecule has 1 amide bonds. The molecule has 0 bridgehead atoms. The molecule has 1 heterocycles. The van der Waals surface area contributed by atoms with Gasteiger partial charge in [0, 0.05) is 30.7 Å². The van der Waals surface area contributed by atoms with Crippen LogP contribution >= 0.6 is 11.6 Å². The first-order valence-electron chi connectivity index (χ1n) is 11.1. The minimum Gasteiger partial charge on any atom is -0.438 e. The van der Waals surface area contributed by atoms with Crippen molar-refractivity contribution in [3.05, 3.63) is 64.2 Å². The lowest BCUT2D eigenvalue weighted by Gasteiger charge is -2.36. The van der Waals surface area contributed by atoms with Gasteiger partial charge < -0.3 is 4.74 Å². The predicted molar refractivity (Wildman–Crippen MR) is 121 cm³/mol. The van der Waals surface area contributed by atoms with Crippen molar-refractivity contribution in [1.82, 2.24) is 4.90 Å². The van der Waals surface area contributed by atoms with Crippen molar-refractivity contribution >= 4 is 23.4 Å². The van der Waals surface area contributed by atoms with Gasteiger partial charge in [-0.1, -0.05) is 11.6 Å². The lowest BCUT2D eigenvalue weighted by atomic mass is 9.88. The van der Waals surface area contributed by atoms with Gasteiger partial charge in [-0.3, -0.25) is 10.2 Å². The van der Waals surface area contributed by atoms with Gasteiger partial charge in [0.15, 0.2) is 6.10 Å². The summed E-state index contributed by atoms with van der Waals surface area (Å²) in [6, 6.07) is 7.16. The highest BCUT2D eigenvalue weighted by Gasteiger charge is 2.41. The van der Waals surface area contributed by atoms with Gasteiger partial charge in [-0.2, -0.15) is 26.3 Å². The molecular weight excluding hydrogens is 536 g/mol. The third-order valence-electron chi connectivity index (χ3n) is 5.92. The second-order valence-electron chi connectivity index (χ2n) is 8.92. The number of amides is 1. The number of halogens is 9. The van der Waals surface area contributed by atoms with E-state index in [2.05, 4.69) is 5.32 Å². The number of hydrogen-bond donors (Lipinski definition) is 1. The van der Waals surface area contributed by atoms with Gasteiger partial charge in [-0.15, -0.1) is 0 Å². The molecule has 13 heteroatoms. The number of nitrogens with one attached hydrogen (secondary N) is 1. The van der Waals surface area contributed by atoms with Crippen molar-refractivity contribution in [2.75, 3.05) is 25.0 Å². The van der Waals surface area contributed by atoms with Crippen molar-refractivity contribution in [2.24, 2.45) is 0 Å². The fourth-order valence-corrected chi connectivity index (χ4v) is 4.18. The minimum absolute atomic E-state index is 0.0465. The Hall–Kier alpha value is -2.60. The van der Waals surface area contributed by atoms with Crippen molar-refractivity contribution in [3.63, 3.8) is 0 Å². The molecule has 0 unspecified atom stereocenters. The summed E-state index contributed by atoms with van der Waals surface area (Å²) in [5.41, 5.74) is -2.81. The number of nitrogens with zero attached hydrogens (tertiary/aromatic N) is 1. The highest BCUT2D eigenvalue weighted by atomic mass is 35.5. The molecule has 2 aromatic carbocycles. The summed E-state index contributed by atoms with van der Waals surface area (Å²) in [5.74, 6) is -4.25. The van der Waals surface area contributed by atoms with Crippen LogP contribution in [0.4, 0.5) is 45.6 Å². The molecule has 0 aliphatic carbocycles. The number of carbonyl (C=O) groups excluding carboxylic acids is 1. The number of benzene rings is 2. The fraction of sp³-hybridized carbons (Fsp3) is 0.458. The molecule has 2 atom stereocenters. The normalized spacial score (nSPS) is 18.4. The standard InChI is InChI=1S/C24H23ClF8N2O2/c1-22(26,27)20(37-21(36)34-19-6-4-18(25)5-7-19)13-35-8-2-3-14(12-35)15-9-16(23(28,29)30)11-17(10-15)24(31,32)33/h4-7,9-11,14,20H,2-3,8,12-13H2,1H3,(H,34,36)/t14-,20-/m0/s1. The zero-order valence-electron chi connectivity index (χ0n) is 19.4. The Labute approximate surface area is 212 Å². The van der Waals surface area contributed by atoms with E-state index in [1.807, 2.05) is 0 Å². The smallest absolute Gasteiger partial charge is 0.416 e. The van der Waals surface area contributed by atoms with Crippen LogP contribution in [0.25, 0.3) is 0 Å². The van der Waals surface area contributed by atoms with E-state index in [9.17, 15) is 39.9 Å². The molecule has 1 aliphatic rings. The van der Waals surface area contributed by atoms with Gasteiger partial charge in [0.2, 0.25) is 0 Å². The first-order chi connectivity index (χ1) is 17.0. The number of anilines is 1. The maximum Gasteiger partial charge on any atom is 0.416 e. The summed E-state index contributed by atoms with van der Waals surface area (Å²) in [6.45, 7) is 0.236. The second-order valence-corrected chi connectivity index (χ2v) is 9.36. The molecule has 0 aromatic heterocycles. The number of alkyl halides is 8. The third kappa shape index (κ3) is 8.19. The van der Waals surface area contributed by atoms with E-state index in [0.717, 1.165) is 0 Å². The maximum absolute atomic E-state index is 14.3. The number of likely N-dealkylation sites (tertiary alicyclic amines) is 1. The van der Waals surface area contributed by atoms with Gasteiger partial charge in [0.1, 0.15) is 0 Å². The first-order valence-corrected chi connectivity index (χ1v) is 11.5. The number of hydrogen-bond acceptors (Lipinski definition) is 3. The maximum atomic E-state index is 14.3. The molecule has 37 heavy (non-hydrogen) atoms. The zero-order valence-corrected chi connectivity index (χ0v) is 20.2. The van der Waals surface area contributed by atoms with Gasteiger partial charge >= 0.3 is 18.4 Å². The number of rotatable bonds is 6. The van der Waals surface area contributed by atoms with Crippen LogP contribution in [0.5, 0.6) is 0 Å². The lowest BCUT2D eigenvalue weighted by Crippen LogP contribution is -2.47. The third-order valence-corrected chi connectivity index (χ3v) is 6.17. The van der Waals surface area contributed by atoms with Crippen LogP contribution in [0.15, 0.2) is 42.5 Å². The van der Waals surface area contributed by atoms with Gasteiger partial charge in [-0.05, 0) is 73.3 Å². The molecule has 0 saturated carbocycles. The van der Waals surface area contributed by atoms with Crippen LogP contribution in [0.2, 0.25) is 5.02 Å². The first kappa shape index (κ1) is 29.0. The van der Waals surface area contributed by atoms with E-state index in [4.69, 9.17) is 16.3 Å². The summed E-state index contributed by atoms with van der Waals surface area (Å²) in [4.78, 5) is 13.7. The largest absolute Gasteiger partial charge is 0.438 e. The van der Waals surface area contributed by atoms with E-state index < -0.39 is 54.1 Å². The summed E-state index contributed by atoms with van der Waals surface area (Å²) >= 11 is 5.76. The molecule has 1 aliphatic heterocycles. The van der Waals surface area contributed by atoms with E-state index in [-0.39, 0.29) is 36.8 Å². The Morgan fingerprint density at radius 2 is 1.59 bits per heavy atom. The topological polar surface area (TPSA) is 41.6 Å². The molecule has 3 rings (SSSR count). The summed E-state index contributed by atoms with van der Waals surface area (Å²) in [5, 5.41) is 2.69. The highest BCUT2D eigenvalue weighted by molar-refractivity contribution is 6.30. The number of carbonyl (C=O) groups is 1. The molecule has 1 fully saturated rings. The summed E-state index contributed by atoms with van der Waals surface area (Å²) in [7, 11) is 0. The van der Waals surface area contributed by atoms with Gasteiger partial charge in [-0.25, -0.2) is 13.6 Å². The van der Waals surface area contributed by atoms with Crippen molar-refractivity contribution in [1.29, 1.82) is 0 Å². The van der Waals surface area contributed by atoms with Crippen LogP contribution in [0, 0.1) is 0 Å². The molecule has 0 radical (unpaired) electrons. The van der Waals surface area contributed by atoms with E-state index >= 15 is 0 Å². The van der Waals surface area contributed by atoms with Gasteiger partial charge in [0.25, 0.3) is 5.92 Å². The molecule has 1 saturated heterocycles. The van der Waals surface area contributed by atoms with Crippen molar-refractivity contribution in [3.8, 4) is 0 Å². The Morgan fingerprint density at radius 1 is 1.03 bits per heavy atom. The molecule has 204 valence electrons. The van der Waals surface area contributed by atoms with Crippen molar-refractivity contribution < 1.29 is 44.7 Å². The Balaban J connectivity index is 1.75. The fourth-order valence-electron chi connectivity index (χ4n) is 4.05. The molecule has 4 nitrogen and oxygen atoms in total. The van der Waals surface area contributed by atoms with Gasteiger partial charge in [0.05, 0.1) is 11.1 Å². The highest BCUT2D eigenvalue weighted by Crippen LogP contribution is 2.39. The monoisotopic (exact) mass is 558 g/mol. The van der Waals surface area contributed by atoms with Crippen LogP contribution in [-0.4, -0.2) is 42.7 Å². The van der Waals surface area contributed by atoms with E-state index in [0.29, 0.717) is 30.5 Å².